The van der Waals surface area contributed by atoms with Crippen LogP contribution in [0.3, 0.4) is 0 Å². The third-order valence-corrected chi connectivity index (χ3v) is 14.7. The first kappa shape index (κ1) is 39.2. The van der Waals surface area contributed by atoms with Gasteiger partial charge >= 0.3 is 0 Å². The molecule has 2 heterocycles. The maximum Gasteiger partial charge on any atom is 0.0641 e. The summed E-state index contributed by atoms with van der Waals surface area (Å²) in [5, 5.41) is 7.62. The maximum atomic E-state index is 2.58. The molecule has 0 saturated carbocycles. The fourth-order valence-electron chi connectivity index (χ4n) is 11.5. The van der Waals surface area contributed by atoms with Crippen molar-refractivity contribution in [3.05, 3.63) is 247 Å². The molecule has 0 aliphatic heterocycles. The molecule has 1 aliphatic carbocycles. The molecule has 1 atom stereocenters. The third-order valence-electron chi connectivity index (χ3n) is 14.7. The normalized spacial score (nSPS) is 14.6. The van der Waals surface area contributed by atoms with E-state index >= 15 is 0 Å². The van der Waals surface area contributed by atoms with Crippen molar-refractivity contribution in [2.45, 2.75) is 38.5 Å². The highest BCUT2D eigenvalue weighted by Crippen LogP contribution is 2.57. The van der Waals surface area contributed by atoms with Crippen molar-refractivity contribution in [1.29, 1.82) is 0 Å². The standard InChI is InChI=1S/C64H49N3/c1-63(2,3)44-31-36-57-55(39-44)60-58(66(47-26-16-8-17-27-47)48-28-18-9-19-29-48)37-35-52-54-38-42-30-33-51-50-34-32-49(65(45-22-12-6-13-23-45)46-24-14-7-15-25-46)40-56(50)64(4,43-20-10-5-11-21-43)61(51)53(42)41-59(54)67(57)62(52)60/h5-41H,1-4H3. The molecule has 320 valence electrons. The minimum atomic E-state index is -0.449. The molecule has 0 fully saturated rings. The first-order valence-electron chi connectivity index (χ1n) is 23.5. The van der Waals surface area contributed by atoms with Crippen LogP contribution in [0.2, 0.25) is 0 Å². The number of hydrogen-bond acceptors (Lipinski definition) is 2. The highest BCUT2D eigenvalue weighted by Gasteiger charge is 2.43. The molecule has 0 saturated heterocycles. The van der Waals surface area contributed by atoms with Crippen LogP contribution in [0.5, 0.6) is 0 Å². The van der Waals surface area contributed by atoms with Gasteiger partial charge in [-0.2, -0.15) is 0 Å². The molecule has 2 aromatic heterocycles. The van der Waals surface area contributed by atoms with Crippen LogP contribution in [0.25, 0.3) is 60.0 Å². The van der Waals surface area contributed by atoms with E-state index in [0.29, 0.717) is 0 Å². The summed E-state index contributed by atoms with van der Waals surface area (Å²) in [7, 11) is 0. The van der Waals surface area contributed by atoms with Gasteiger partial charge in [0, 0.05) is 55.4 Å². The molecule has 3 nitrogen and oxygen atoms in total. The predicted octanol–water partition coefficient (Wildman–Crippen LogP) is 17.6. The van der Waals surface area contributed by atoms with E-state index < -0.39 is 5.41 Å². The Morgan fingerprint density at radius 3 is 1.58 bits per heavy atom. The largest absolute Gasteiger partial charge is 0.310 e. The van der Waals surface area contributed by atoms with Crippen molar-refractivity contribution in [2.24, 2.45) is 0 Å². The quantitative estimate of drug-likeness (QED) is 0.158. The third kappa shape index (κ3) is 5.84. The smallest absolute Gasteiger partial charge is 0.0641 e. The average Bonchev–Trinajstić information content (AvgIpc) is 3.98. The lowest BCUT2D eigenvalue weighted by Gasteiger charge is -2.31. The summed E-state index contributed by atoms with van der Waals surface area (Å²) in [6, 6.07) is 83.1. The summed E-state index contributed by atoms with van der Waals surface area (Å²) in [5.41, 5.74) is 17.9. The van der Waals surface area contributed by atoms with Crippen molar-refractivity contribution in [2.75, 3.05) is 9.80 Å². The number of aromatic nitrogens is 1. The molecule has 10 aromatic carbocycles. The van der Waals surface area contributed by atoms with E-state index in [4.69, 9.17) is 0 Å². The Morgan fingerprint density at radius 1 is 0.418 bits per heavy atom. The van der Waals surface area contributed by atoms with Crippen molar-refractivity contribution in [1.82, 2.24) is 4.40 Å². The van der Waals surface area contributed by atoms with Crippen molar-refractivity contribution >= 4 is 83.0 Å². The van der Waals surface area contributed by atoms with Gasteiger partial charge in [0.25, 0.3) is 0 Å². The van der Waals surface area contributed by atoms with Crippen molar-refractivity contribution < 1.29 is 0 Å². The zero-order valence-electron chi connectivity index (χ0n) is 38.2. The van der Waals surface area contributed by atoms with Gasteiger partial charge in [-0.3, -0.25) is 0 Å². The van der Waals surface area contributed by atoms with Gasteiger partial charge in [0.15, 0.2) is 0 Å². The molecular formula is C64H49N3. The minimum Gasteiger partial charge on any atom is -0.310 e. The molecule has 3 heteroatoms. The van der Waals surface area contributed by atoms with Gasteiger partial charge in [0.05, 0.1) is 22.2 Å². The highest BCUT2D eigenvalue weighted by atomic mass is 15.2. The van der Waals surface area contributed by atoms with Gasteiger partial charge in [-0.25, -0.2) is 0 Å². The van der Waals surface area contributed by atoms with Gasteiger partial charge < -0.3 is 14.2 Å². The van der Waals surface area contributed by atoms with E-state index in [-0.39, 0.29) is 5.41 Å². The highest BCUT2D eigenvalue weighted by molar-refractivity contribution is 6.28. The molecule has 1 unspecified atom stereocenters. The maximum absolute atomic E-state index is 2.58. The number of anilines is 6. The van der Waals surface area contributed by atoms with Gasteiger partial charge in [0.1, 0.15) is 0 Å². The average molecular weight is 860 g/mol. The Hall–Kier alpha value is -8.14. The zero-order chi connectivity index (χ0) is 45.0. The molecular weight excluding hydrogens is 811 g/mol. The van der Waals surface area contributed by atoms with Crippen molar-refractivity contribution in [3.8, 4) is 11.1 Å². The van der Waals surface area contributed by atoms with Gasteiger partial charge in [-0.15, -0.1) is 0 Å². The van der Waals surface area contributed by atoms with Gasteiger partial charge in [0.2, 0.25) is 0 Å². The van der Waals surface area contributed by atoms with Crippen LogP contribution < -0.4 is 9.80 Å². The Balaban J connectivity index is 1.10. The predicted molar refractivity (Wildman–Crippen MR) is 284 cm³/mol. The molecule has 0 radical (unpaired) electrons. The molecule has 0 spiro atoms. The second-order valence-corrected chi connectivity index (χ2v) is 19.5. The summed E-state index contributed by atoms with van der Waals surface area (Å²) in [6.45, 7) is 9.41. The number of nitrogens with zero attached hydrogens (tertiary/aromatic N) is 3. The van der Waals surface area contributed by atoms with Crippen LogP contribution in [0.1, 0.15) is 49.9 Å². The first-order chi connectivity index (χ1) is 32.8. The molecule has 0 N–H and O–H groups in total. The Morgan fingerprint density at radius 2 is 0.985 bits per heavy atom. The molecule has 0 amide bonds. The summed E-state index contributed by atoms with van der Waals surface area (Å²) in [4.78, 5) is 4.82. The Bertz CT molecular complexity index is 3750. The van der Waals surface area contributed by atoms with E-state index in [1.165, 1.54) is 87.9 Å². The van der Waals surface area contributed by atoms with Gasteiger partial charge in [-0.1, -0.05) is 154 Å². The van der Waals surface area contributed by atoms with E-state index in [1.807, 2.05) is 0 Å². The molecule has 12 aromatic rings. The fourth-order valence-corrected chi connectivity index (χ4v) is 11.5. The summed E-state index contributed by atoms with van der Waals surface area (Å²) < 4.78 is 2.58. The molecule has 13 rings (SSSR count). The first-order valence-corrected chi connectivity index (χ1v) is 23.5. The lowest BCUT2D eigenvalue weighted by Crippen LogP contribution is -2.23. The fraction of sp³-hybridized carbons (Fsp3) is 0.0938. The number of rotatable bonds is 7. The number of para-hydroxylation sites is 4. The van der Waals surface area contributed by atoms with E-state index in [2.05, 4.69) is 266 Å². The lowest BCUT2D eigenvalue weighted by atomic mass is 9.72. The molecule has 0 bridgehead atoms. The Kier molecular flexibility index (Phi) is 8.60. The minimum absolute atomic E-state index is 0.0201. The van der Waals surface area contributed by atoms with Crippen LogP contribution in [0, 0.1) is 0 Å². The van der Waals surface area contributed by atoms with Crippen molar-refractivity contribution in [3.63, 3.8) is 0 Å². The Labute approximate surface area is 391 Å². The number of fused-ring (bicyclic) bond motifs is 11. The summed E-state index contributed by atoms with van der Waals surface area (Å²) in [5.74, 6) is 0. The van der Waals surface area contributed by atoms with E-state index in [1.54, 1.807) is 0 Å². The zero-order valence-corrected chi connectivity index (χ0v) is 38.2. The van der Waals surface area contributed by atoms with Crippen LogP contribution >= 0.6 is 0 Å². The molecule has 1 aliphatic rings. The lowest BCUT2D eigenvalue weighted by molar-refractivity contribution is 0.591. The van der Waals surface area contributed by atoms with Gasteiger partial charge in [-0.05, 0) is 147 Å². The number of benzene rings is 10. The monoisotopic (exact) mass is 859 g/mol. The van der Waals surface area contributed by atoms with E-state index in [0.717, 1.165) is 28.4 Å². The second kappa shape index (κ2) is 14.7. The van der Waals surface area contributed by atoms with Crippen LogP contribution in [-0.4, -0.2) is 4.40 Å². The van der Waals surface area contributed by atoms with E-state index in [9.17, 15) is 0 Å². The summed E-state index contributed by atoms with van der Waals surface area (Å²) in [6.07, 6.45) is 0. The number of hydrogen-bond donors (Lipinski definition) is 0. The SMILES string of the molecule is CC(C)(C)c1ccc2c(c1)c1c(N(c3ccccc3)c3ccccc3)ccc3c4cc5ccc6c(c5cc4n2c31)C(C)(c1ccccc1)c1cc(N(c2ccccc2)c2ccccc2)ccc1-6. The van der Waals surface area contributed by atoms with Crippen LogP contribution in [-0.2, 0) is 10.8 Å². The topological polar surface area (TPSA) is 10.9 Å². The van der Waals surface area contributed by atoms with Crippen LogP contribution in [0.15, 0.2) is 224 Å². The summed E-state index contributed by atoms with van der Waals surface area (Å²) >= 11 is 0. The van der Waals surface area contributed by atoms with Crippen LogP contribution in [0.4, 0.5) is 34.1 Å². The second-order valence-electron chi connectivity index (χ2n) is 19.5. The molecule has 67 heavy (non-hydrogen) atoms.